The zero-order valence-corrected chi connectivity index (χ0v) is 14.1. The van der Waals surface area contributed by atoms with Crippen molar-refractivity contribution in [3.63, 3.8) is 0 Å². The lowest BCUT2D eigenvalue weighted by Crippen LogP contribution is -2.38. The van der Waals surface area contributed by atoms with E-state index in [0.29, 0.717) is 24.1 Å². The summed E-state index contributed by atoms with van der Waals surface area (Å²) in [5.41, 5.74) is 0.671. The molecule has 1 atom stereocenters. The second-order valence-electron chi connectivity index (χ2n) is 6.84. The summed E-state index contributed by atoms with van der Waals surface area (Å²) in [6.07, 6.45) is 3.28. The smallest absolute Gasteiger partial charge is 0.251 e. The largest absolute Gasteiger partial charge is 0.508 e. The van der Waals surface area contributed by atoms with Crippen molar-refractivity contribution < 1.29 is 19.7 Å². The maximum absolute atomic E-state index is 12.2. The summed E-state index contributed by atoms with van der Waals surface area (Å²) in [5, 5.41) is 22.4. The summed E-state index contributed by atoms with van der Waals surface area (Å²) in [6.45, 7) is 6.02. The molecule has 3 N–H and O–H groups in total. The zero-order chi connectivity index (χ0) is 17.1. The second-order valence-corrected chi connectivity index (χ2v) is 6.84. The highest BCUT2D eigenvalue weighted by molar-refractivity contribution is 5.95. The Hall–Kier alpha value is -1.79. The lowest BCUT2D eigenvalue weighted by molar-refractivity contribution is 0.0411. The summed E-state index contributed by atoms with van der Waals surface area (Å²) in [6, 6.07) is 3.41. The van der Waals surface area contributed by atoms with Gasteiger partial charge in [-0.05, 0) is 50.8 Å². The van der Waals surface area contributed by atoms with E-state index in [0.717, 1.165) is 45.6 Å². The fourth-order valence-electron chi connectivity index (χ4n) is 3.57. The maximum Gasteiger partial charge on any atom is 0.251 e. The SMILES string of the molecule is Cc1c(O)cc(C(=O)NCC2CCN(C3CCOCC3)C2)cc1O. The molecule has 2 aliphatic heterocycles. The van der Waals surface area contributed by atoms with Gasteiger partial charge in [-0.2, -0.15) is 0 Å². The van der Waals surface area contributed by atoms with Gasteiger partial charge in [-0.1, -0.05) is 0 Å². The number of benzene rings is 1. The number of carbonyl (C=O) groups is 1. The van der Waals surface area contributed by atoms with Crippen molar-refractivity contribution in [2.24, 2.45) is 5.92 Å². The van der Waals surface area contributed by atoms with Crippen LogP contribution in [0.5, 0.6) is 11.5 Å². The third-order valence-corrected chi connectivity index (χ3v) is 5.19. The predicted octanol–water partition coefficient (Wildman–Crippen LogP) is 1.64. The number of rotatable bonds is 4. The van der Waals surface area contributed by atoms with Crippen molar-refractivity contribution in [3.05, 3.63) is 23.3 Å². The summed E-state index contributed by atoms with van der Waals surface area (Å²) >= 11 is 0. The number of phenols is 2. The van der Waals surface area contributed by atoms with Crippen molar-refractivity contribution in [1.82, 2.24) is 10.2 Å². The number of hydrogen-bond donors (Lipinski definition) is 3. The van der Waals surface area contributed by atoms with Crippen LogP contribution in [-0.4, -0.2) is 59.9 Å². The van der Waals surface area contributed by atoms with Crippen LogP contribution in [0.2, 0.25) is 0 Å². The Kier molecular flexibility index (Phi) is 5.26. The number of ether oxygens (including phenoxy) is 1. The van der Waals surface area contributed by atoms with Gasteiger partial charge in [0.2, 0.25) is 0 Å². The predicted molar refractivity (Wildman–Crippen MR) is 90.4 cm³/mol. The first kappa shape index (κ1) is 17.0. The third-order valence-electron chi connectivity index (χ3n) is 5.19. The highest BCUT2D eigenvalue weighted by atomic mass is 16.5. The van der Waals surface area contributed by atoms with Gasteiger partial charge in [-0.15, -0.1) is 0 Å². The molecule has 0 aromatic heterocycles. The number of aromatic hydroxyl groups is 2. The molecule has 1 aromatic rings. The van der Waals surface area contributed by atoms with Crippen molar-refractivity contribution in [2.45, 2.75) is 32.2 Å². The molecule has 2 heterocycles. The van der Waals surface area contributed by atoms with Crippen LogP contribution in [0.4, 0.5) is 0 Å². The Balaban J connectivity index is 1.50. The summed E-state index contributed by atoms with van der Waals surface area (Å²) in [7, 11) is 0. The first-order valence-corrected chi connectivity index (χ1v) is 8.67. The Morgan fingerprint density at radius 1 is 1.25 bits per heavy atom. The van der Waals surface area contributed by atoms with E-state index in [1.165, 1.54) is 12.1 Å². The maximum atomic E-state index is 12.2. The van der Waals surface area contributed by atoms with Crippen LogP contribution in [0.15, 0.2) is 12.1 Å². The van der Waals surface area contributed by atoms with Gasteiger partial charge in [0.1, 0.15) is 11.5 Å². The summed E-state index contributed by atoms with van der Waals surface area (Å²) < 4.78 is 5.42. The molecular weight excluding hydrogens is 308 g/mol. The molecule has 0 bridgehead atoms. The number of nitrogens with one attached hydrogen (secondary N) is 1. The van der Waals surface area contributed by atoms with E-state index in [4.69, 9.17) is 4.74 Å². The molecule has 0 spiro atoms. The first-order chi connectivity index (χ1) is 11.5. The van der Waals surface area contributed by atoms with Crippen LogP contribution in [0.3, 0.4) is 0 Å². The Morgan fingerprint density at radius 3 is 2.58 bits per heavy atom. The Morgan fingerprint density at radius 2 is 1.92 bits per heavy atom. The molecule has 2 aliphatic rings. The van der Waals surface area contributed by atoms with Gasteiger partial charge < -0.3 is 20.3 Å². The molecule has 132 valence electrons. The quantitative estimate of drug-likeness (QED) is 0.780. The first-order valence-electron chi connectivity index (χ1n) is 8.67. The number of likely N-dealkylation sites (tertiary alicyclic amines) is 1. The van der Waals surface area contributed by atoms with Crippen LogP contribution < -0.4 is 5.32 Å². The van der Waals surface area contributed by atoms with Gasteiger partial charge in [-0.3, -0.25) is 9.69 Å². The summed E-state index contributed by atoms with van der Waals surface area (Å²) in [5.74, 6) is 0.0629. The van der Waals surface area contributed by atoms with E-state index in [9.17, 15) is 15.0 Å². The molecular formula is C18H26N2O4. The number of carbonyl (C=O) groups excluding carboxylic acids is 1. The van der Waals surface area contributed by atoms with Gasteiger partial charge in [0, 0.05) is 43.5 Å². The molecule has 3 rings (SSSR count). The third kappa shape index (κ3) is 3.82. The molecule has 1 amide bonds. The normalized spacial score (nSPS) is 22.6. The molecule has 6 nitrogen and oxygen atoms in total. The monoisotopic (exact) mass is 334 g/mol. The van der Waals surface area contributed by atoms with E-state index >= 15 is 0 Å². The van der Waals surface area contributed by atoms with Gasteiger partial charge in [-0.25, -0.2) is 0 Å². The molecule has 2 fully saturated rings. The van der Waals surface area contributed by atoms with Gasteiger partial charge in [0.05, 0.1) is 0 Å². The van der Waals surface area contributed by atoms with Crippen LogP contribution in [0.25, 0.3) is 0 Å². The average Bonchev–Trinajstić information content (AvgIpc) is 3.07. The second kappa shape index (κ2) is 7.40. The fourth-order valence-corrected chi connectivity index (χ4v) is 3.57. The fraction of sp³-hybridized carbons (Fsp3) is 0.611. The van der Waals surface area contributed by atoms with Crippen molar-refractivity contribution in [1.29, 1.82) is 0 Å². The van der Waals surface area contributed by atoms with Crippen LogP contribution in [0, 0.1) is 12.8 Å². The number of phenolic OH excluding ortho intramolecular Hbond substituents is 2. The molecule has 6 heteroatoms. The molecule has 1 aromatic carbocycles. The minimum atomic E-state index is -0.259. The zero-order valence-electron chi connectivity index (χ0n) is 14.1. The van der Waals surface area contributed by atoms with Crippen molar-refractivity contribution in [3.8, 4) is 11.5 Å². The van der Waals surface area contributed by atoms with Gasteiger partial charge >= 0.3 is 0 Å². The van der Waals surface area contributed by atoms with E-state index in [1.807, 2.05) is 0 Å². The van der Waals surface area contributed by atoms with Gasteiger partial charge in [0.15, 0.2) is 0 Å². The van der Waals surface area contributed by atoms with Crippen LogP contribution in [0.1, 0.15) is 35.2 Å². The lowest BCUT2D eigenvalue weighted by Gasteiger charge is -2.31. The standard InChI is InChI=1S/C18H26N2O4/c1-12-16(21)8-14(9-17(12)22)18(23)19-10-13-2-5-20(11-13)15-3-6-24-7-4-15/h8-9,13,15,21-22H,2-7,10-11H2,1H3,(H,19,23). The molecule has 24 heavy (non-hydrogen) atoms. The topological polar surface area (TPSA) is 82.0 Å². The Labute approximate surface area is 142 Å². The van der Waals surface area contributed by atoms with Crippen LogP contribution >= 0.6 is 0 Å². The number of amides is 1. The average molecular weight is 334 g/mol. The van der Waals surface area contributed by atoms with E-state index < -0.39 is 0 Å². The highest BCUT2D eigenvalue weighted by Crippen LogP contribution is 2.28. The van der Waals surface area contributed by atoms with E-state index in [2.05, 4.69) is 10.2 Å². The van der Waals surface area contributed by atoms with Gasteiger partial charge in [0.25, 0.3) is 5.91 Å². The van der Waals surface area contributed by atoms with Crippen molar-refractivity contribution in [2.75, 3.05) is 32.8 Å². The minimum Gasteiger partial charge on any atom is -0.508 e. The number of hydrogen-bond acceptors (Lipinski definition) is 5. The molecule has 1 unspecified atom stereocenters. The highest BCUT2D eigenvalue weighted by Gasteiger charge is 2.29. The Bertz CT molecular complexity index is 576. The van der Waals surface area contributed by atoms with E-state index in [1.54, 1.807) is 6.92 Å². The lowest BCUT2D eigenvalue weighted by atomic mass is 10.1. The molecule has 0 radical (unpaired) electrons. The van der Waals surface area contributed by atoms with Crippen LogP contribution in [-0.2, 0) is 4.74 Å². The molecule has 2 saturated heterocycles. The summed E-state index contributed by atoms with van der Waals surface area (Å²) in [4.78, 5) is 14.8. The molecule has 0 aliphatic carbocycles. The van der Waals surface area contributed by atoms with E-state index in [-0.39, 0.29) is 23.0 Å². The number of nitrogens with zero attached hydrogens (tertiary/aromatic N) is 1. The van der Waals surface area contributed by atoms with Crippen molar-refractivity contribution >= 4 is 5.91 Å². The minimum absolute atomic E-state index is 0.0632. The molecule has 0 saturated carbocycles.